The number of fused-ring (bicyclic) bond motifs is 1. The molecule has 128 valence electrons. The molecule has 2 unspecified atom stereocenters. The number of unbranched alkanes of at least 4 members (excludes halogenated alkanes) is 1. The first-order valence-corrected chi connectivity index (χ1v) is 8.62. The number of rotatable bonds is 7. The molecule has 2 heterocycles. The fourth-order valence-corrected chi connectivity index (χ4v) is 3.42. The SMILES string of the molecule is CCCCOc1nccc2c1c(N)nn2C(CC#N)C1CC1(C)C. The normalized spacial score (nSPS) is 19.8. The molecule has 2 atom stereocenters. The smallest absolute Gasteiger partial charge is 0.226 e. The molecule has 0 amide bonds. The number of hydrogen-bond acceptors (Lipinski definition) is 5. The highest BCUT2D eigenvalue weighted by atomic mass is 16.5. The molecule has 1 aliphatic rings. The van der Waals surface area contributed by atoms with Gasteiger partial charge in [0, 0.05) is 6.20 Å². The number of nitrogen functional groups attached to an aromatic ring is 1. The number of hydrogen-bond donors (Lipinski definition) is 1. The maximum Gasteiger partial charge on any atom is 0.226 e. The zero-order chi connectivity index (χ0) is 17.3. The average Bonchev–Trinajstić information content (AvgIpc) is 3.04. The van der Waals surface area contributed by atoms with E-state index in [9.17, 15) is 5.26 Å². The van der Waals surface area contributed by atoms with Crippen LogP contribution in [0.4, 0.5) is 5.82 Å². The van der Waals surface area contributed by atoms with Crippen molar-refractivity contribution in [1.82, 2.24) is 14.8 Å². The lowest BCUT2D eigenvalue weighted by Crippen LogP contribution is -2.15. The second-order valence-corrected chi connectivity index (χ2v) is 7.27. The van der Waals surface area contributed by atoms with Crippen LogP contribution in [-0.4, -0.2) is 21.4 Å². The molecule has 0 spiro atoms. The summed E-state index contributed by atoms with van der Waals surface area (Å²) in [5.41, 5.74) is 7.32. The topological polar surface area (TPSA) is 89.8 Å². The summed E-state index contributed by atoms with van der Waals surface area (Å²) < 4.78 is 7.72. The molecule has 0 bridgehead atoms. The van der Waals surface area contributed by atoms with Crippen LogP contribution in [0.1, 0.15) is 52.5 Å². The van der Waals surface area contributed by atoms with E-state index in [-0.39, 0.29) is 11.5 Å². The van der Waals surface area contributed by atoms with Crippen LogP contribution in [0.2, 0.25) is 0 Å². The number of aromatic nitrogens is 3. The zero-order valence-electron chi connectivity index (χ0n) is 14.6. The van der Waals surface area contributed by atoms with Gasteiger partial charge in [0.15, 0.2) is 5.82 Å². The first-order chi connectivity index (χ1) is 11.5. The van der Waals surface area contributed by atoms with Crippen LogP contribution in [-0.2, 0) is 0 Å². The van der Waals surface area contributed by atoms with Crippen molar-refractivity contribution >= 4 is 16.7 Å². The van der Waals surface area contributed by atoms with E-state index < -0.39 is 0 Å². The summed E-state index contributed by atoms with van der Waals surface area (Å²) in [5, 5.41) is 14.6. The Hall–Kier alpha value is -2.29. The van der Waals surface area contributed by atoms with Gasteiger partial charge >= 0.3 is 0 Å². The third-order valence-corrected chi connectivity index (χ3v) is 5.02. The van der Waals surface area contributed by atoms with Crippen molar-refractivity contribution in [2.75, 3.05) is 12.3 Å². The second-order valence-electron chi connectivity index (χ2n) is 7.27. The van der Waals surface area contributed by atoms with Gasteiger partial charge in [0.05, 0.1) is 30.7 Å². The van der Waals surface area contributed by atoms with E-state index >= 15 is 0 Å². The number of pyridine rings is 1. The van der Waals surface area contributed by atoms with E-state index in [4.69, 9.17) is 10.5 Å². The molecule has 6 heteroatoms. The summed E-state index contributed by atoms with van der Waals surface area (Å²) in [6.07, 6.45) is 5.29. The minimum Gasteiger partial charge on any atom is -0.477 e. The molecule has 1 aliphatic carbocycles. The maximum absolute atomic E-state index is 9.26. The Morgan fingerprint density at radius 3 is 2.92 bits per heavy atom. The van der Waals surface area contributed by atoms with Gasteiger partial charge in [0.25, 0.3) is 0 Å². The fourth-order valence-electron chi connectivity index (χ4n) is 3.42. The van der Waals surface area contributed by atoms with Gasteiger partial charge in [-0.25, -0.2) is 4.98 Å². The number of ether oxygens (including phenoxy) is 1. The summed E-state index contributed by atoms with van der Waals surface area (Å²) in [7, 11) is 0. The third kappa shape index (κ3) is 2.91. The molecule has 6 nitrogen and oxygen atoms in total. The number of nitrogens with two attached hydrogens (primary N) is 1. The van der Waals surface area contributed by atoms with Crippen molar-refractivity contribution < 1.29 is 4.74 Å². The number of anilines is 1. The van der Waals surface area contributed by atoms with E-state index in [2.05, 4.69) is 36.9 Å². The lowest BCUT2D eigenvalue weighted by molar-refractivity contribution is 0.302. The summed E-state index contributed by atoms with van der Waals surface area (Å²) in [6.45, 7) is 7.20. The largest absolute Gasteiger partial charge is 0.477 e. The van der Waals surface area contributed by atoms with E-state index in [1.165, 1.54) is 0 Å². The van der Waals surface area contributed by atoms with E-state index in [1.807, 2.05) is 10.7 Å². The minimum atomic E-state index is 0.0377. The van der Waals surface area contributed by atoms with Crippen molar-refractivity contribution in [2.24, 2.45) is 11.3 Å². The highest BCUT2D eigenvalue weighted by Gasteiger charge is 2.51. The van der Waals surface area contributed by atoms with Crippen molar-refractivity contribution in [3.63, 3.8) is 0 Å². The van der Waals surface area contributed by atoms with Crippen LogP contribution in [0.5, 0.6) is 5.88 Å². The van der Waals surface area contributed by atoms with Crippen LogP contribution >= 0.6 is 0 Å². The molecule has 2 aromatic rings. The average molecular weight is 327 g/mol. The van der Waals surface area contributed by atoms with E-state index in [1.54, 1.807) is 6.20 Å². The first kappa shape index (κ1) is 16.6. The predicted molar refractivity (Wildman–Crippen MR) is 93.5 cm³/mol. The molecule has 0 saturated heterocycles. The predicted octanol–water partition coefficient (Wildman–Crippen LogP) is 3.69. The number of nitrogens with zero attached hydrogens (tertiary/aromatic N) is 4. The van der Waals surface area contributed by atoms with Crippen molar-refractivity contribution in [3.8, 4) is 11.9 Å². The Morgan fingerprint density at radius 1 is 1.54 bits per heavy atom. The van der Waals surface area contributed by atoms with E-state index in [0.29, 0.717) is 30.6 Å². The lowest BCUT2D eigenvalue weighted by Gasteiger charge is -2.17. The monoisotopic (exact) mass is 327 g/mol. The summed E-state index contributed by atoms with van der Waals surface area (Å²) in [4.78, 5) is 4.33. The number of nitriles is 1. The maximum atomic E-state index is 9.26. The Morgan fingerprint density at radius 2 is 2.29 bits per heavy atom. The Balaban J connectivity index is 2.00. The van der Waals surface area contributed by atoms with Crippen LogP contribution in [0.25, 0.3) is 10.9 Å². The Labute approximate surface area is 142 Å². The minimum absolute atomic E-state index is 0.0377. The fraction of sp³-hybridized carbons (Fsp3) is 0.611. The van der Waals surface area contributed by atoms with Crippen LogP contribution in [0.3, 0.4) is 0 Å². The van der Waals surface area contributed by atoms with Gasteiger partial charge in [-0.3, -0.25) is 4.68 Å². The second kappa shape index (κ2) is 6.31. The molecule has 0 radical (unpaired) electrons. The van der Waals surface area contributed by atoms with E-state index in [0.717, 1.165) is 30.2 Å². The molecule has 1 saturated carbocycles. The van der Waals surface area contributed by atoms with Crippen molar-refractivity contribution in [3.05, 3.63) is 12.3 Å². The zero-order valence-corrected chi connectivity index (χ0v) is 14.6. The van der Waals surface area contributed by atoms with Crippen LogP contribution < -0.4 is 10.5 Å². The van der Waals surface area contributed by atoms with Gasteiger partial charge in [-0.2, -0.15) is 10.4 Å². The van der Waals surface area contributed by atoms with Crippen LogP contribution in [0, 0.1) is 22.7 Å². The van der Waals surface area contributed by atoms with Gasteiger partial charge in [-0.1, -0.05) is 27.2 Å². The highest BCUT2D eigenvalue weighted by molar-refractivity contribution is 5.93. The standard InChI is InChI=1S/C18H25N5O/c1-4-5-10-24-17-15-14(7-9-21-17)23(22-16(15)20)13(6-8-19)12-11-18(12,2)3/h7,9,12-13H,4-6,10-11H2,1-3H3,(H2,20,22). The van der Waals surface area contributed by atoms with Gasteiger partial charge in [-0.15, -0.1) is 0 Å². The molecule has 24 heavy (non-hydrogen) atoms. The first-order valence-electron chi connectivity index (χ1n) is 8.62. The molecule has 1 fully saturated rings. The van der Waals surface area contributed by atoms with Crippen molar-refractivity contribution in [2.45, 2.75) is 52.5 Å². The summed E-state index contributed by atoms with van der Waals surface area (Å²) in [6, 6.07) is 4.25. The molecular formula is C18H25N5O. The van der Waals surface area contributed by atoms with Gasteiger partial charge < -0.3 is 10.5 Å². The van der Waals surface area contributed by atoms with Crippen LogP contribution in [0.15, 0.2) is 12.3 Å². The van der Waals surface area contributed by atoms with Gasteiger partial charge in [0.1, 0.15) is 5.39 Å². The Kier molecular flexibility index (Phi) is 4.35. The Bertz CT molecular complexity index is 774. The molecular weight excluding hydrogens is 302 g/mol. The lowest BCUT2D eigenvalue weighted by atomic mass is 10.0. The molecule has 0 aliphatic heterocycles. The molecule has 0 aromatic carbocycles. The van der Waals surface area contributed by atoms with Gasteiger partial charge in [-0.05, 0) is 30.2 Å². The molecule has 3 rings (SSSR count). The quantitative estimate of drug-likeness (QED) is 0.783. The summed E-state index contributed by atoms with van der Waals surface area (Å²) >= 11 is 0. The van der Waals surface area contributed by atoms with Crippen molar-refractivity contribution in [1.29, 1.82) is 5.26 Å². The molecule has 2 N–H and O–H groups in total. The third-order valence-electron chi connectivity index (χ3n) is 5.02. The molecule has 2 aromatic heterocycles. The van der Waals surface area contributed by atoms with Gasteiger partial charge in [0.2, 0.25) is 5.88 Å². The summed E-state index contributed by atoms with van der Waals surface area (Å²) in [5.74, 6) is 1.40. The highest BCUT2D eigenvalue weighted by Crippen LogP contribution is 2.58.